The van der Waals surface area contributed by atoms with Gasteiger partial charge in [-0.25, -0.2) is 29.5 Å². The molecule has 0 aliphatic rings. The van der Waals surface area contributed by atoms with Crippen LogP contribution in [0.5, 0.6) is 0 Å². The van der Waals surface area contributed by atoms with E-state index in [0.29, 0.717) is 65.8 Å². The van der Waals surface area contributed by atoms with E-state index < -0.39 is 17.7 Å². The smallest absolute Gasteiger partial charge is 0.408 e. The number of hydrogen-bond donors (Lipinski definition) is 1. The van der Waals surface area contributed by atoms with Crippen molar-refractivity contribution in [2.24, 2.45) is 0 Å². The second-order valence-corrected chi connectivity index (χ2v) is 10.0. The maximum absolute atomic E-state index is 12.2. The van der Waals surface area contributed by atoms with E-state index in [-0.39, 0.29) is 35.8 Å². The molecular weight excluding hydrogens is 534 g/mol. The van der Waals surface area contributed by atoms with E-state index >= 15 is 0 Å². The number of methoxy groups -OCH3 is 1. The van der Waals surface area contributed by atoms with Crippen molar-refractivity contribution in [2.75, 3.05) is 7.11 Å². The highest BCUT2D eigenvalue weighted by molar-refractivity contribution is 5.88. The SMILES string of the molecule is CCc1oc(-c2nc(-c3nc(-c4nc(CNC(=O)OC(C)(C)C)oc4CC)oc3CC)oc2CC)nc1C(=O)OC. The highest BCUT2D eigenvalue weighted by Crippen LogP contribution is 2.35. The Morgan fingerprint density at radius 1 is 0.707 bits per heavy atom. The number of alkyl carbamates (subject to hydrolysis) is 1. The van der Waals surface area contributed by atoms with Crippen molar-refractivity contribution in [3.05, 3.63) is 34.6 Å². The zero-order chi connectivity index (χ0) is 29.9. The Hall–Kier alpha value is -4.42. The van der Waals surface area contributed by atoms with E-state index in [2.05, 4.69) is 25.3 Å². The van der Waals surface area contributed by atoms with Crippen molar-refractivity contribution in [3.8, 4) is 34.8 Å². The Morgan fingerprint density at radius 2 is 1.17 bits per heavy atom. The first-order chi connectivity index (χ1) is 19.5. The van der Waals surface area contributed by atoms with E-state index in [1.807, 2.05) is 27.7 Å². The summed E-state index contributed by atoms with van der Waals surface area (Å²) < 4.78 is 34.0. The van der Waals surface area contributed by atoms with Gasteiger partial charge < -0.3 is 32.5 Å². The summed E-state index contributed by atoms with van der Waals surface area (Å²) in [6, 6.07) is 0. The Bertz CT molecular complexity index is 1540. The van der Waals surface area contributed by atoms with Gasteiger partial charge in [-0.15, -0.1) is 0 Å². The van der Waals surface area contributed by atoms with Crippen LogP contribution >= 0.6 is 0 Å². The summed E-state index contributed by atoms with van der Waals surface area (Å²) in [5.41, 5.74) is 0.657. The van der Waals surface area contributed by atoms with Gasteiger partial charge >= 0.3 is 12.1 Å². The molecule has 0 fully saturated rings. The zero-order valence-electron chi connectivity index (χ0n) is 24.6. The molecule has 4 heterocycles. The third-order valence-electron chi connectivity index (χ3n) is 5.89. The van der Waals surface area contributed by atoms with Crippen molar-refractivity contribution in [3.63, 3.8) is 0 Å². The minimum absolute atomic E-state index is 0.0303. The van der Waals surface area contributed by atoms with Crippen molar-refractivity contribution in [1.29, 1.82) is 0 Å². The minimum atomic E-state index is -0.627. The molecule has 0 radical (unpaired) electrons. The number of carbonyl (C=O) groups excluding carboxylic acids is 2. The van der Waals surface area contributed by atoms with E-state index in [4.69, 9.17) is 27.1 Å². The monoisotopic (exact) mass is 569 g/mol. The number of esters is 1. The van der Waals surface area contributed by atoms with Gasteiger partial charge in [0, 0.05) is 25.7 Å². The van der Waals surface area contributed by atoms with Crippen molar-refractivity contribution < 1.29 is 36.7 Å². The third-order valence-corrected chi connectivity index (χ3v) is 5.89. The van der Waals surface area contributed by atoms with Crippen LogP contribution in [0.3, 0.4) is 0 Å². The quantitative estimate of drug-likeness (QED) is 0.231. The van der Waals surface area contributed by atoms with Gasteiger partial charge in [0.25, 0.3) is 0 Å². The lowest BCUT2D eigenvalue weighted by Gasteiger charge is -2.19. The Balaban J connectivity index is 1.67. The van der Waals surface area contributed by atoms with Crippen molar-refractivity contribution >= 4 is 12.1 Å². The maximum atomic E-state index is 12.2. The summed E-state index contributed by atoms with van der Waals surface area (Å²) in [5, 5.41) is 2.64. The van der Waals surface area contributed by atoms with E-state index in [1.165, 1.54) is 7.11 Å². The molecular formula is C28H35N5O8. The number of carbonyl (C=O) groups is 2. The third kappa shape index (κ3) is 6.34. The van der Waals surface area contributed by atoms with Gasteiger partial charge in [-0.1, -0.05) is 27.7 Å². The summed E-state index contributed by atoms with van der Waals surface area (Å²) in [6.07, 6.45) is 1.37. The first kappa shape index (κ1) is 29.6. The predicted molar refractivity (Wildman–Crippen MR) is 145 cm³/mol. The van der Waals surface area contributed by atoms with Gasteiger partial charge in [0.2, 0.25) is 23.6 Å². The molecule has 0 bridgehead atoms. The van der Waals surface area contributed by atoms with Crippen LogP contribution in [0.25, 0.3) is 34.8 Å². The first-order valence-electron chi connectivity index (χ1n) is 13.6. The topological polar surface area (TPSA) is 169 Å². The number of aryl methyl sites for hydroxylation is 4. The van der Waals surface area contributed by atoms with Crippen LogP contribution in [0, 0.1) is 0 Å². The van der Waals surface area contributed by atoms with Crippen LogP contribution in [0.4, 0.5) is 4.79 Å². The molecule has 0 saturated carbocycles. The predicted octanol–water partition coefficient (Wildman–Crippen LogP) is 5.70. The normalized spacial score (nSPS) is 11.6. The molecule has 4 aromatic heterocycles. The summed E-state index contributed by atoms with van der Waals surface area (Å²) in [7, 11) is 1.29. The lowest BCUT2D eigenvalue weighted by atomic mass is 10.2. The second-order valence-electron chi connectivity index (χ2n) is 10.0. The van der Waals surface area contributed by atoms with Crippen LogP contribution in [0.15, 0.2) is 17.7 Å². The summed E-state index contributed by atoms with van der Waals surface area (Å²) in [6.45, 7) is 13.0. The van der Waals surface area contributed by atoms with Crippen LogP contribution in [0.2, 0.25) is 0 Å². The number of hydrogen-bond acceptors (Lipinski definition) is 12. The first-order valence-corrected chi connectivity index (χ1v) is 13.6. The molecule has 0 unspecified atom stereocenters. The number of nitrogens with one attached hydrogen (secondary N) is 1. The molecule has 4 aromatic rings. The Kier molecular flexibility index (Phi) is 8.64. The van der Waals surface area contributed by atoms with Gasteiger partial charge in [-0.3, -0.25) is 0 Å². The zero-order valence-corrected chi connectivity index (χ0v) is 24.6. The maximum Gasteiger partial charge on any atom is 0.408 e. The van der Waals surface area contributed by atoms with Crippen molar-refractivity contribution in [1.82, 2.24) is 25.3 Å². The molecule has 0 aromatic carbocycles. The molecule has 1 amide bonds. The molecule has 0 saturated heterocycles. The Labute approximate surface area is 237 Å². The number of aromatic nitrogens is 4. The highest BCUT2D eigenvalue weighted by Gasteiger charge is 2.29. The fourth-order valence-electron chi connectivity index (χ4n) is 4.01. The summed E-state index contributed by atoms with van der Waals surface area (Å²) in [4.78, 5) is 42.4. The molecule has 13 nitrogen and oxygen atoms in total. The van der Waals surface area contributed by atoms with Gasteiger partial charge in [-0.05, 0) is 20.8 Å². The fourth-order valence-corrected chi connectivity index (χ4v) is 4.01. The highest BCUT2D eigenvalue weighted by atomic mass is 16.6. The van der Waals surface area contributed by atoms with Crippen LogP contribution in [-0.2, 0) is 41.7 Å². The summed E-state index contributed by atoms with van der Waals surface area (Å²) >= 11 is 0. The van der Waals surface area contributed by atoms with E-state index in [1.54, 1.807) is 20.8 Å². The fraction of sp³-hybridized carbons (Fsp3) is 0.500. The molecule has 4 rings (SSSR count). The van der Waals surface area contributed by atoms with Gasteiger partial charge in [0.1, 0.15) is 28.6 Å². The molecule has 0 atom stereocenters. The number of nitrogens with zero attached hydrogens (tertiary/aromatic N) is 4. The van der Waals surface area contributed by atoms with Crippen LogP contribution in [-0.4, -0.2) is 44.7 Å². The molecule has 0 aliphatic carbocycles. The number of ether oxygens (including phenoxy) is 2. The molecule has 220 valence electrons. The van der Waals surface area contributed by atoms with E-state index in [0.717, 1.165) is 0 Å². The average Bonchev–Trinajstić information content (AvgIpc) is 3.72. The average molecular weight is 570 g/mol. The van der Waals surface area contributed by atoms with E-state index in [9.17, 15) is 9.59 Å². The molecule has 0 spiro atoms. The second kappa shape index (κ2) is 12.0. The Morgan fingerprint density at radius 3 is 1.66 bits per heavy atom. The van der Waals surface area contributed by atoms with Crippen molar-refractivity contribution in [2.45, 2.75) is 86.3 Å². The number of amides is 1. The lowest BCUT2D eigenvalue weighted by Crippen LogP contribution is -2.32. The minimum Gasteiger partial charge on any atom is -0.464 e. The van der Waals surface area contributed by atoms with Gasteiger partial charge in [0.05, 0.1) is 13.7 Å². The standard InChI is InChI=1S/C28H35N5O8/c1-9-14-19(30-18(37-14)13-29-27(35)41-28(5,6)7)23-31-20(15(10-2)38-23)24-32-21(16(11-3)39-24)25-33-22(26(34)36-8)17(12-4)40-25/h9-13H2,1-8H3,(H,29,35). The molecule has 0 aliphatic heterocycles. The lowest BCUT2D eigenvalue weighted by molar-refractivity contribution is 0.0517. The number of rotatable bonds is 10. The molecule has 41 heavy (non-hydrogen) atoms. The number of oxazole rings is 4. The summed E-state index contributed by atoms with van der Waals surface area (Å²) in [5.74, 6) is 2.28. The largest absolute Gasteiger partial charge is 0.464 e. The van der Waals surface area contributed by atoms with Crippen LogP contribution < -0.4 is 5.32 Å². The van der Waals surface area contributed by atoms with Gasteiger partial charge in [0.15, 0.2) is 22.8 Å². The molecule has 1 N–H and O–H groups in total. The van der Waals surface area contributed by atoms with Crippen LogP contribution in [0.1, 0.15) is 87.9 Å². The van der Waals surface area contributed by atoms with Gasteiger partial charge in [-0.2, -0.15) is 0 Å². The molecule has 13 heteroatoms.